The molecule has 0 aliphatic rings. The second-order valence-corrected chi connectivity index (χ2v) is 6.15. The van der Waals surface area contributed by atoms with Crippen molar-refractivity contribution < 1.29 is 0 Å². The van der Waals surface area contributed by atoms with Crippen molar-refractivity contribution in [3.63, 3.8) is 0 Å². The lowest BCUT2D eigenvalue weighted by atomic mass is 10.1. The van der Waals surface area contributed by atoms with E-state index in [0.29, 0.717) is 0 Å². The van der Waals surface area contributed by atoms with Crippen LogP contribution in [0.4, 0.5) is 0 Å². The van der Waals surface area contributed by atoms with E-state index in [0.717, 1.165) is 42.6 Å². The molecule has 2 aromatic heterocycles. The van der Waals surface area contributed by atoms with Gasteiger partial charge in [-0.2, -0.15) is 0 Å². The number of guanidine groups is 1. The van der Waals surface area contributed by atoms with Crippen molar-refractivity contribution in [3.8, 4) is 0 Å². The minimum Gasteiger partial charge on any atom is -0.356 e. The number of rotatable bonds is 6. The van der Waals surface area contributed by atoms with E-state index in [2.05, 4.69) is 44.0 Å². The smallest absolute Gasteiger partial charge is 0.190 e. The number of hydrogen-bond donors (Lipinski definition) is 2. The van der Waals surface area contributed by atoms with Crippen LogP contribution in [-0.2, 0) is 12.8 Å². The van der Waals surface area contributed by atoms with Crippen molar-refractivity contribution in [2.45, 2.75) is 26.7 Å². The van der Waals surface area contributed by atoms with Gasteiger partial charge in [-0.1, -0.05) is 0 Å². The Morgan fingerprint density at radius 2 is 2.00 bits per heavy atom. The monoisotopic (exact) mass is 317 g/mol. The number of pyridine rings is 1. The van der Waals surface area contributed by atoms with Gasteiger partial charge >= 0.3 is 0 Å². The summed E-state index contributed by atoms with van der Waals surface area (Å²) in [4.78, 5) is 12.8. The molecular weight excluding hydrogens is 294 g/mol. The Kier molecular flexibility index (Phi) is 6.33. The Labute approximate surface area is 135 Å². The van der Waals surface area contributed by atoms with Crippen LogP contribution in [0.3, 0.4) is 0 Å². The topological polar surface area (TPSA) is 62.2 Å². The predicted molar refractivity (Wildman–Crippen MR) is 92.6 cm³/mol. The van der Waals surface area contributed by atoms with Crippen LogP contribution in [0, 0.1) is 13.8 Å². The maximum absolute atomic E-state index is 4.46. The number of aliphatic imine (C=N–C) groups is 1. The van der Waals surface area contributed by atoms with Crippen LogP contribution in [-0.4, -0.2) is 36.1 Å². The molecule has 0 aromatic carbocycles. The molecule has 0 aliphatic heterocycles. The molecule has 2 aromatic rings. The van der Waals surface area contributed by atoms with Crippen molar-refractivity contribution in [2.75, 3.05) is 20.1 Å². The molecule has 0 spiro atoms. The van der Waals surface area contributed by atoms with Gasteiger partial charge in [0.2, 0.25) is 0 Å². The van der Waals surface area contributed by atoms with Crippen LogP contribution < -0.4 is 10.6 Å². The van der Waals surface area contributed by atoms with E-state index >= 15 is 0 Å². The fourth-order valence-electron chi connectivity index (χ4n) is 2.15. The molecule has 2 heterocycles. The van der Waals surface area contributed by atoms with Gasteiger partial charge in [0.15, 0.2) is 5.96 Å². The molecule has 118 valence electrons. The van der Waals surface area contributed by atoms with E-state index < -0.39 is 0 Å². The molecule has 0 amide bonds. The van der Waals surface area contributed by atoms with Crippen LogP contribution in [0.2, 0.25) is 0 Å². The van der Waals surface area contributed by atoms with Gasteiger partial charge in [0.25, 0.3) is 0 Å². The highest BCUT2D eigenvalue weighted by Crippen LogP contribution is 2.07. The quantitative estimate of drug-likeness (QED) is 0.633. The first kappa shape index (κ1) is 16.4. The highest BCUT2D eigenvalue weighted by atomic mass is 32.1. The highest BCUT2D eigenvalue weighted by Gasteiger charge is 2.02. The van der Waals surface area contributed by atoms with Crippen molar-refractivity contribution in [2.24, 2.45) is 4.99 Å². The van der Waals surface area contributed by atoms with Gasteiger partial charge in [-0.05, 0) is 37.5 Å². The van der Waals surface area contributed by atoms with Gasteiger partial charge in [-0.3, -0.25) is 9.98 Å². The van der Waals surface area contributed by atoms with E-state index in [1.54, 1.807) is 18.4 Å². The maximum atomic E-state index is 4.46. The molecule has 0 saturated heterocycles. The summed E-state index contributed by atoms with van der Waals surface area (Å²) in [6.45, 7) is 5.80. The summed E-state index contributed by atoms with van der Waals surface area (Å²) < 4.78 is 0. The van der Waals surface area contributed by atoms with Gasteiger partial charge in [0.1, 0.15) is 0 Å². The van der Waals surface area contributed by atoms with E-state index in [-0.39, 0.29) is 0 Å². The Morgan fingerprint density at radius 1 is 1.23 bits per heavy atom. The number of thiazole rings is 1. The maximum Gasteiger partial charge on any atom is 0.190 e. The molecule has 2 N–H and O–H groups in total. The molecule has 0 unspecified atom stereocenters. The standard InChI is InChI=1S/C16H23N5S/c1-12-10-18-7-4-14(12)5-8-19-16(17-3)20-9-6-15-11-22-13(2)21-15/h4,7,10-11H,5-6,8-9H2,1-3H3,(H2,17,19,20). The lowest BCUT2D eigenvalue weighted by Gasteiger charge is -2.12. The zero-order chi connectivity index (χ0) is 15.8. The molecule has 0 atom stereocenters. The first-order valence-electron chi connectivity index (χ1n) is 7.44. The third-order valence-corrected chi connectivity index (χ3v) is 4.21. The van der Waals surface area contributed by atoms with Crippen LogP contribution in [0.15, 0.2) is 28.8 Å². The summed E-state index contributed by atoms with van der Waals surface area (Å²) >= 11 is 1.69. The minimum atomic E-state index is 0.830. The van der Waals surface area contributed by atoms with E-state index in [1.807, 2.05) is 19.3 Å². The van der Waals surface area contributed by atoms with Crippen LogP contribution in [0.5, 0.6) is 0 Å². The molecule has 2 rings (SSSR count). The molecule has 0 bridgehead atoms. The van der Waals surface area contributed by atoms with Crippen LogP contribution in [0.1, 0.15) is 21.8 Å². The lowest BCUT2D eigenvalue weighted by molar-refractivity contribution is 0.775. The molecule has 0 saturated carbocycles. The van der Waals surface area contributed by atoms with Crippen molar-refractivity contribution in [1.82, 2.24) is 20.6 Å². The van der Waals surface area contributed by atoms with Gasteiger partial charge in [0, 0.05) is 44.3 Å². The van der Waals surface area contributed by atoms with Crippen LogP contribution in [0.25, 0.3) is 0 Å². The lowest BCUT2D eigenvalue weighted by Crippen LogP contribution is -2.39. The molecule has 5 nitrogen and oxygen atoms in total. The molecule has 22 heavy (non-hydrogen) atoms. The number of nitrogens with zero attached hydrogens (tertiary/aromatic N) is 3. The molecule has 0 aliphatic carbocycles. The van der Waals surface area contributed by atoms with Gasteiger partial charge in [-0.15, -0.1) is 11.3 Å². The zero-order valence-corrected chi connectivity index (χ0v) is 14.2. The summed E-state index contributed by atoms with van der Waals surface area (Å²) in [6.07, 6.45) is 5.61. The molecule has 6 heteroatoms. The predicted octanol–water partition coefficient (Wildman–Crippen LogP) is 2.11. The Morgan fingerprint density at radius 3 is 2.64 bits per heavy atom. The Balaban J connectivity index is 1.70. The van der Waals surface area contributed by atoms with Crippen LogP contribution >= 0.6 is 11.3 Å². The first-order valence-corrected chi connectivity index (χ1v) is 8.32. The summed E-state index contributed by atoms with van der Waals surface area (Å²) in [5.74, 6) is 0.832. The first-order chi connectivity index (χ1) is 10.7. The normalized spacial score (nSPS) is 11.5. The number of nitrogens with one attached hydrogen (secondary N) is 2. The SMILES string of the molecule is CN=C(NCCc1csc(C)n1)NCCc1ccncc1C. The van der Waals surface area contributed by atoms with Crippen molar-refractivity contribution >= 4 is 17.3 Å². The van der Waals surface area contributed by atoms with E-state index in [4.69, 9.17) is 0 Å². The minimum absolute atomic E-state index is 0.830. The van der Waals surface area contributed by atoms with Gasteiger partial charge < -0.3 is 10.6 Å². The number of aryl methyl sites for hydroxylation is 2. The fourth-order valence-corrected chi connectivity index (χ4v) is 2.80. The zero-order valence-electron chi connectivity index (χ0n) is 13.4. The second-order valence-electron chi connectivity index (χ2n) is 5.09. The van der Waals surface area contributed by atoms with E-state index in [1.165, 1.54) is 11.1 Å². The summed E-state index contributed by atoms with van der Waals surface area (Å²) in [7, 11) is 1.79. The molecule has 0 radical (unpaired) electrons. The third kappa shape index (κ3) is 5.11. The molecule has 0 fully saturated rings. The molecular formula is C16H23N5S. The summed E-state index contributed by atoms with van der Waals surface area (Å²) in [5, 5.41) is 9.88. The Bertz CT molecular complexity index is 621. The fraction of sp³-hybridized carbons (Fsp3) is 0.438. The third-order valence-electron chi connectivity index (χ3n) is 3.39. The summed E-state index contributed by atoms with van der Waals surface area (Å²) in [5.41, 5.74) is 3.68. The van der Waals surface area contributed by atoms with Crippen molar-refractivity contribution in [3.05, 3.63) is 45.7 Å². The average molecular weight is 317 g/mol. The van der Waals surface area contributed by atoms with Gasteiger partial charge in [-0.25, -0.2) is 4.98 Å². The van der Waals surface area contributed by atoms with E-state index in [9.17, 15) is 0 Å². The average Bonchev–Trinajstić information content (AvgIpc) is 2.93. The highest BCUT2D eigenvalue weighted by molar-refractivity contribution is 7.09. The largest absolute Gasteiger partial charge is 0.356 e. The number of aromatic nitrogens is 2. The summed E-state index contributed by atoms with van der Waals surface area (Å²) in [6, 6.07) is 2.07. The van der Waals surface area contributed by atoms with Gasteiger partial charge in [0.05, 0.1) is 10.7 Å². The van der Waals surface area contributed by atoms with Crippen molar-refractivity contribution in [1.29, 1.82) is 0 Å². The number of hydrogen-bond acceptors (Lipinski definition) is 4. The Hall–Kier alpha value is -1.95. The second kappa shape index (κ2) is 8.48.